The van der Waals surface area contributed by atoms with Crippen LogP contribution in [0.2, 0.25) is 0 Å². The van der Waals surface area contributed by atoms with Gasteiger partial charge in [-0.3, -0.25) is 9.69 Å². The number of anilines is 1. The zero-order valence-corrected chi connectivity index (χ0v) is 23.4. The molecule has 6 rings (SSSR count). The minimum Gasteiger partial charge on any atom is -0.304 e. The van der Waals surface area contributed by atoms with E-state index in [0.717, 1.165) is 39.5 Å². The first-order valence-electron chi connectivity index (χ1n) is 13.8. The number of nitrogens with one attached hydrogen (secondary N) is 1. The molecule has 1 atom stereocenters. The van der Waals surface area contributed by atoms with Gasteiger partial charge >= 0.3 is 6.18 Å². The number of imidazole rings is 1. The fraction of sp³-hybridized carbons (Fsp3) is 0.433. The molecule has 6 nitrogen and oxygen atoms in total. The van der Waals surface area contributed by atoms with E-state index in [-0.39, 0.29) is 24.3 Å². The van der Waals surface area contributed by atoms with Crippen molar-refractivity contribution < 1.29 is 18.0 Å². The van der Waals surface area contributed by atoms with Gasteiger partial charge in [0.1, 0.15) is 5.65 Å². The third kappa shape index (κ3) is 5.39. The van der Waals surface area contributed by atoms with Crippen LogP contribution in [0.3, 0.4) is 0 Å². The van der Waals surface area contributed by atoms with Crippen molar-refractivity contribution in [3.05, 3.63) is 81.7 Å². The lowest BCUT2D eigenvalue weighted by Crippen LogP contribution is -2.26. The molecule has 4 aromatic rings. The zero-order chi connectivity index (χ0) is 28.0. The molecule has 4 heterocycles. The van der Waals surface area contributed by atoms with E-state index in [1.807, 2.05) is 12.3 Å². The number of carbonyl (C=O) groups excluding carboxylic acids is 1. The van der Waals surface area contributed by atoms with Gasteiger partial charge in [0.15, 0.2) is 5.13 Å². The average molecular weight is 568 g/mol. The Morgan fingerprint density at radius 2 is 1.88 bits per heavy atom. The summed E-state index contributed by atoms with van der Waals surface area (Å²) in [5, 5.41) is 3.60. The van der Waals surface area contributed by atoms with Crippen molar-refractivity contribution in [1.82, 2.24) is 19.3 Å². The van der Waals surface area contributed by atoms with Crippen LogP contribution in [0.25, 0.3) is 5.65 Å². The SMILES string of the molecule is CC(C)[C@H]1c2nc(NC(=O)Cc3cc(C4CCCC4)n4ccnc4c3)sc2CN1Cc1ccc(C(F)(F)F)cc1. The van der Waals surface area contributed by atoms with E-state index in [9.17, 15) is 18.0 Å². The quantitative estimate of drug-likeness (QED) is 0.253. The second kappa shape index (κ2) is 10.6. The molecule has 0 spiro atoms. The summed E-state index contributed by atoms with van der Waals surface area (Å²) >= 11 is 1.48. The summed E-state index contributed by atoms with van der Waals surface area (Å²) in [5.74, 6) is 0.639. The smallest absolute Gasteiger partial charge is 0.304 e. The van der Waals surface area contributed by atoms with E-state index >= 15 is 0 Å². The van der Waals surface area contributed by atoms with Gasteiger partial charge < -0.3 is 9.72 Å². The third-order valence-corrected chi connectivity index (χ3v) is 9.00. The number of aromatic nitrogens is 3. The van der Waals surface area contributed by atoms with Gasteiger partial charge in [-0.05, 0) is 60.1 Å². The molecule has 10 heteroatoms. The first-order chi connectivity index (χ1) is 19.2. The number of benzene rings is 1. The molecule has 1 N–H and O–H groups in total. The average Bonchev–Trinajstić information content (AvgIpc) is 3.68. The normalized spacial score (nSPS) is 18.2. The van der Waals surface area contributed by atoms with Gasteiger partial charge in [0, 0.05) is 36.1 Å². The van der Waals surface area contributed by atoms with Crippen LogP contribution in [0, 0.1) is 5.92 Å². The molecule has 1 aliphatic heterocycles. The van der Waals surface area contributed by atoms with Crippen LogP contribution in [0.1, 0.15) is 84.4 Å². The molecule has 1 fully saturated rings. The van der Waals surface area contributed by atoms with E-state index in [1.165, 1.54) is 42.7 Å². The van der Waals surface area contributed by atoms with Crippen LogP contribution in [0.4, 0.5) is 18.3 Å². The molecular formula is C30H32F3N5OS. The number of alkyl halides is 3. The molecule has 0 bridgehead atoms. The number of hydrogen-bond donors (Lipinski definition) is 1. The largest absolute Gasteiger partial charge is 0.416 e. The molecule has 2 aliphatic rings. The Labute approximate surface area is 235 Å². The lowest BCUT2D eigenvalue weighted by Gasteiger charge is -2.27. The topological polar surface area (TPSA) is 62.5 Å². The summed E-state index contributed by atoms with van der Waals surface area (Å²) in [4.78, 5) is 25.7. The monoisotopic (exact) mass is 567 g/mol. The minimum atomic E-state index is -4.34. The number of thiazole rings is 1. The molecule has 210 valence electrons. The molecular weight excluding hydrogens is 535 g/mol. The first-order valence-corrected chi connectivity index (χ1v) is 14.6. The van der Waals surface area contributed by atoms with E-state index in [4.69, 9.17) is 4.98 Å². The van der Waals surface area contributed by atoms with Gasteiger partial charge in [-0.15, -0.1) is 11.3 Å². The Balaban J connectivity index is 1.14. The maximum absolute atomic E-state index is 13.1. The molecule has 40 heavy (non-hydrogen) atoms. The molecule has 1 saturated carbocycles. The second-order valence-electron chi connectivity index (χ2n) is 11.3. The number of carbonyl (C=O) groups is 1. The number of amides is 1. The standard InChI is InChI=1S/C30H32F3N5OS/c1-18(2)28-27-24(17-37(28)16-19-7-9-22(10-8-19)30(31,32)33)40-29(36-27)35-26(39)15-20-13-23(21-5-3-4-6-21)38-12-11-34-25(38)14-20/h7-14,18,21,28H,3-6,15-17H2,1-2H3,(H,35,36,39)/t28-/m0/s1. The van der Waals surface area contributed by atoms with E-state index < -0.39 is 11.7 Å². The van der Waals surface area contributed by atoms with Crippen molar-refractivity contribution in [2.75, 3.05) is 5.32 Å². The van der Waals surface area contributed by atoms with Crippen LogP contribution < -0.4 is 5.32 Å². The fourth-order valence-corrected chi connectivity index (χ4v) is 7.28. The highest BCUT2D eigenvalue weighted by Gasteiger charge is 2.36. The molecule has 0 unspecified atom stereocenters. The molecule has 1 amide bonds. The summed E-state index contributed by atoms with van der Waals surface area (Å²) in [7, 11) is 0. The van der Waals surface area contributed by atoms with Gasteiger partial charge in [-0.25, -0.2) is 9.97 Å². The summed E-state index contributed by atoms with van der Waals surface area (Å²) in [6.45, 7) is 5.41. The highest BCUT2D eigenvalue weighted by Crippen LogP contribution is 2.43. The Kier molecular flexibility index (Phi) is 7.16. The summed E-state index contributed by atoms with van der Waals surface area (Å²) < 4.78 is 41.0. The lowest BCUT2D eigenvalue weighted by atomic mass is 10.0. The second-order valence-corrected chi connectivity index (χ2v) is 12.3. The van der Waals surface area contributed by atoms with E-state index in [1.54, 1.807) is 18.3 Å². The third-order valence-electron chi connectivity index (χ3n) is 8.03. The predicted molar refractivity (Wildman–Crippen MR) is 149 cm³/mol. The van der Waals surface area contributed by atoms with Crippen molar-refractivity contribution in [3.63, 3.8) is 0 Å². The van der Waals surface area contributed by atoms with Crippen LogP contribution in [0.15, 0.2) is 48.8 Å². The van der Waals surface area contributed by atoms with Gasteiger partial charge in [-0.2, -0.15) is 13.2 Å². The van der Waals surface area contributed by atoms with E-state index in [2.05, 4.69) is 39.5 Å². The fourth-order valence-electron chi connectivity index (χ4n) is 6.24. The highest BCUT2D eigenvalue weighted by molar-refractivity contribution is 7.15. The number of halogens is 3. The molecule has 3 aromatic heterocycles. The first kappa shape index (κ1) is 27.0. The van der Waals surface area contributed by atoms with Crippen molar-refractivity contribution in [2.45, 2.75) is 77.2 Å². The van der Waals surface area contributed by atoms with Crippen LogP contribution >= 0.6 is 11.3 Å². The molecule has 0 radical (unpaired) electrons. The van der Waals surface area contributed by atoms with Gasteiger partial charge in [0.2, 0.25) is 5.91 Å². The van der Waals surface area contributed by atoms with Gasteiger partial charge in [0.25, 0.3) is 0 Å². The molecule has 1 aliphatic carbocycles. The Bertz CT molecular complexity index is 1520. The van der Waals surface area contributed by atoms with Crippen LogP contribution in [-0.4, -0.2) is 25.2 Å². The van der Waals surface area contributed by atoms with Crippen molar-refractivity contribution in [1.29, 1.82) is 0 Å². The van der Waals surface area contributed by atoms with Gasteiger partial charge in [0.05, 0.1) is 23.7 Å². The maximum atomic E-state index is 13.1. The zero-order valence-electron chi connectivity index (χ0n) is 22.5. The summed E-state index contributed by atoms with van der Waals surface area (Å²) in [6.07, 6.45) is 4.52. The molecule has 0 saturated heterocycles. The number of fused-ring (bicyclic) bond motifs is 2. The van der Waals surface area contributed by atoms with Crippen molar-refractivity contribution in [3.8, 4) is 0 Å². The summed E-state index contributed by atoms with van der Waals surface area (Å²) in [5.41, 5.74) is 4.19. The summed E-state index contributed by atoms with van der Waals surface area (Å²) in [6, 6.07) is 9.52. The maximum Gasteiger partial charge on any atom is 0.416 e. The van der Waals surface area contributed by atoms with Crippen molar-refractivity contribution >= 4 is 28.0 Å². The Morgan fingerprint density at radius 1 is 1.12 bits per heavy atom. The number of hydrogen-bond acceptors (Lipinski definition) is 5. The van der Waals surface area contributed by atoms with Crippen molar-refractivity contribution in [2.24, 2.45) is 5.92 Å². The Hall–Kier alpha value is -3.24. The van der Waals surface area contributed by atoms with Crippen LogP contribution in [-0.2, 0) is 30.5 Å². The van der Waals surface area contributed by atoms with Crippen LogP contribution in [0.5, 0.6) is 0 Å². The Morgan fingerprint density at radius 3 is 2.58 bits per heavy atom. The predicted octanol–water partition coefficient (Wildman–Crippen LogP) is 7.36. The highest BCUT2D eigenvalue weighted by atomic mass is 32.1. The number of rotatable bonds is 7. The number of nitrogens with zero attached hydrogens (tertiary/aromatic N) is 4. The minimum absolute atomic E-state index is 0.0241. The van der Waals surface area contributed by atoms with E-state index in [0.29, 0.717) is 24.1 Å². The number of pyridine rings is 1. The lowest BCUT2D eigenvalue weighted by molar-refractivity contribution is -0.137. The molecule has 1 aromatic carbocycles. The van der Waals surface area contributed by atoms with Gasteiger partial charge in [-0.1, -0.05) is 38.8 Å².